The first-order chi connectivity index (χ1) is 10.4. The average molecular weight is 352 g/mol. The highest BCUT2D eigenvalue weighted by Crippen LogP contribution is 2.23. The summed E-state index contributed by atoms with van der Waals surface area (Å²) < 4.78 is 20.5. The van der Waals surface area contributed by atoms with Crippen LogP contribution >= 0.6 is 24.0 Å². The van der Waals surface area contributed by atoms with Crippen molar-refractivity contribution < 1.29 is 28.5 Å². The summed E-state index contributed by atoms with van der Waals surface area (Å²) in [6.45, 7) is 4.00. The van der Waals surface area contributed by atoms with Gasteiger partial charge in [0.25, 0.3) is 0 Å². The molecule has 0 aliphatic heterocycles. The molecular formula is C14H24O6S2. The molecule has 0 aliphatic carbocycles. The number of carbonyl (C=O) groups is 2. The minimum Gasteiger partial charge on any atom is -0.479 e. The summed E-state index contributed by atoms with van der Waals surface area (Å²) in [5, 5.41) is 0.0247. The molecule has 0 aromatic carbocycles. The van der Waals surface area contributed by atoms with Gasteiger partial charge in [0.2, 0.25) is 10.7 Å². The molecular weight excluding hydrogens is 328 g/mol. The van der Waals surface area contributed by atoms with E-state index in [4.69, 9.17) is 31.2 Å². The van der Waals surface area contributed by atoms with E-state index in [0.29, 0.717) is 30.3 Å². The third kappa shape index (κ3) is 10.1. The number of thioether (sulfide) groups is 1. The number of Topliss-reactive ketones (excluding diaryl/α,β-unsaturated/α-hetero) is 1. The summed E-state index contributed by atoms with van der Waals surface area (Å²) in [4.78, 5) is 22.7. The maximum atomic E-state index is 11.9. The molecule has 0 aliphatic rings. The largest absolute Gasteiger partial charge is 0.479 e. The van der Waals surface area contributed by atoms with Crippen molar-refractivity contribution in [1.29, 1.82) is 0 Å². The van der Waals surface area contributed by atoms with E-state index in [2.05, 4.69) is 0 Å². The fraction of sp³-hybridized carbons (Fsp3) is 0.786. The smallest absolute Gasteiger partial charge is 0.302 e. The van der Waals surface area contributed by atoms with E-state index in [9.17, 15) is 9.59 Å². The predicted molar refractivity (Wildman–Crippen MR) is 88.9 cm³/mol. The first-order valence-corrected chi connectivity index (χ1v) is 8.28. The number of rotatable bonds is 11. The van der Waals surface area contributed by atoms with Gasteiger partial charge in [0, 0.05) is 32.8 Å². The van der Waals surface area contributed by atoms with E-state index in [1.54, 1.807) is 0 Å². The first kappa shape index (κ1) is 21.3. The lowest BCUT2D eigenvalue weighted by Crippen LogP contribution is -2.26. The Labute approximate surface area is 141 Å². The van der Waals surface area contributed by atoms with Gasteiger partial charge in [-0.05, 0) is 32.0 Å². The number of ether oxygens (including phenoxy) is 4. The lowest BCUT2D eigenvalue weighted by Gasteiger charge is -2.18. The normalized spacial score (nSPS) is 12.0. The molecule has 1 unspecified atom stereocenters. The van der Waals surface area contributed by atoms with Gasteiger partial charge in [0.05, 0.1) is 13.2 Å². The van der Waals surface area contributed by atoms with Gasteiger partial charge >= 0.3 is 5.97 Å². The van der Waals surface area contributed by atoms with Crippen LogP contribution < -0.4 is 0 Å². The summed E-state index contributed by atoms with van der Waals surface area (Å²) in [6.07, 6.45) is 0.605. The van der Waals surface area contributed by atoms with E-state index < -0.39 is 6.29 Å². The van der Waals surface area contributed by atoms with Gasteiger partial charge in [-0.1, -0.05) is 11.8 Å². The standard InChI is InChI=1S/C14H24O6S2/c1-5-19-14(21)22-11(8-9-20-10(2)15)6-7-12(16)13(17-3)18-4/h11,13H,5-9H2,1-4H3. The molecule has 0 radical (unpaired) electrons. The summed E-state index contributed by atoms with van der Waals surface area (Å²) >= 11 is 6.48. The topological polar surface area (TPSA) is 71.1 Å². The average Bonchev–Trinajstić information content (AvgIpc) is 2.45. The molecule has 0 heterocycles. The maximum absolute atomic E-state index is 11.9. The highest BCUT2D eigenvalue weighted by Gasteiger charge is 2.20. The molecule has 0 N–H and O–H groups in total. The van der Waals surface area contributed by atoms with Crippen LogP contribution in [0, 0.1) is 0 Å². The molecule has 0 rings (SSSR count). The highest BCUT2D eigenvalue weighted by atomic mass is 32.2. The second-order valence-electron chi connectivity index (χ2n) is 4.36. The summed E-state index contributed by atoms with van der Waals surface area (Å²) in [6, 6.07) is 0. The van der Waals surface area contributed by atoms with E-state index in [-0.39, 0.29) is 23.6 Å². The van der Waals surface area contributed by atoms with Crippen molar-refractivity contribution in [2.24, 2.45) is 0 Å². The molecule has 22 heavy (non-hydrogen) atoms. The molecule has 1 atom stereocenters. The Morgan fingerprint density at radius 3 is 2.27 bits per heavy atom. The molecule has 6 nitrogen and oxygen atoms in total. The zero-order valence-electron chi connectivity index (χ0n) is 13.5. The van der Waals surface area contributed by atoms with Gasteiger partial charge < -0.3 is 18.9 Å². The van der Waals surface area contributed by atoms with E-state index in [1.165, 1.54) is 32.9 Å². The molecule has 0 fully saturated rings. The lowest BCUT2D eigenvalue weighted by atomic mass is 10.1. The van der Waals surface area contributed by atoms with Crippen molar-refractivity contribution >= 4 is 40.1 Å². The second-order valence-corrected chi connectivity index (χ2v) is 6.26. The fourth-order valence-electron chi connectivity index (χ4n) is 1.66. The second kappa shape index (κ2) is 12.8. The van der Waals surface area contributed by atoms with Gasteiger partial charge in [0.15, 0.2) is 5.78 Å². The molecule has 0 aromatic rings. The quantitative estimate of drug-likeness (QED) is 0.319. The van der Waals surface area contributed by atoms with E-state index >= 15 is 0 Å². The van der Waals surface area contributed by atoms with Crippen LogP contribution in [0.2, 0.25) is 0 Å². The number of hydrogen-bond donors (Lipinski definition) is 0. The van der Waals surface area contributed by atoms with Crippen molar-refractivity contribution in [1.82, 2.24) is 0 Å². The summed E-state index contributed by atoms with van der Waals surface area (Å²) in [5.41, 5.74) is 0. The molecule has 8 heteroatoms. The Morgan fingerprint density at radius 2 is 1.77 bits per heavy atom. The van der Waals surface area contributed by atoms with Crippen LogP contribution in [0.3, 0.4) is 0 Å². The summed E-state index contributed by atoms with van der Waals surface area (Å²) in [5.74, 6) is -0.462. The minimum absolute atomic E-state index is 0.0247. The van der Waals surface area contributed by atoms with Crippen molar-refractivity contribution in [3.63, 3.8) is 0 Å². The van der Waals surface area contributed by atoms with Gasteiger partial charge in [-0.3, -0.25) is 9.59 Å². The number of carbonyl (C=O) groups excluding carboxylic acids is 2. The van der Waals surface area contributed by atoms with Crippen LogP contribution in [0.15, 0.2) is 0 Å². The molecule has 0 amide bonds. The van der Waals surface area contributed by atoms with E-state index in [1.807, 2.05) is 6.92 Å². The molecule has 0 bridgehead atoms. The van der Waals surface area contributed by atoms with Crippen LogP contribution in [0.1, 0.15) is 33.1 Å². The van der Waals surface area contributed by atoms with Crippen molar-refractivity contribution in [2.45, 2.75) is 44.6 Å². The molecule has 0 saturated carbocycles. The zero-order valence-corrected chi connectivity index (χ0v) is 15.1. The zero-order chi connectivity index (χ0) is 17.0. The minimum atomic E-state index is -0.849. The molecule has 0 aromatic heterocycles. The van der Waals surface area contributed by atoms with E-state index in [0.717, 1.165) is 0 Å². The Hall–Kier alpha value is -0.700. The molecule has 0 saturated heterocycles. The Balaban J connectivity index is 4.40. The lowest BCUT2D eigenvalue weighted by molar-refractivity contribution is -0.156. The van der Waals surface area contributed by atoms with Gasteiger partial charge in [0.1, 0.15) is 0 Å². The number of thiocarbonyl (C=S) groups is 1. The third-order valence-electron chi connectivity index (χ3n) is 2.67. The Bertz CT molecular complexity index is 357. The van der Waals surface area contributed by atoms with Crippen molar-refractivity contribution in [2.75, 3.05) is 27.4 Å². The number of ketones is 1. The fourth-order valence-corrected chi connectivity index (χ4v) is 3.10. The van der Waals surface area contributed by atoms with Crippen LogP contribution in [-0.4, -0.2) is 55.1 Å². The third-order valence-corrected chi connectivity index (χ3v) is 4.20. The SMILES string of the molecule is CCOC(=S)SC(CCOC(C)=O)CCC(=O)C(OC)OC. The first-order valence-electron chi connectivity index (χ1n) is 6.99. The van der Waals surface area contributed by atoms with Gasteiger partial charge in [-0.2, -0.15) is 0 Å². The molecule has 0 spiro atoms. The maximum Gasteiger partial charge on any atom is 0.302 e. The van der Waals surface area contributed by atoms with Gasteiger partial charge in [-0.25, -0.2) is 0 Å². The number of esters is 1. The van der Waals surface area contributed by atoms with Crippen molar-refractivity contribution in [3.05, 3.63) is 0 Å². The van der Waals surface area contributed by atoms with Crippen LogP contribution in [-0.2, 0) is 28.5 Å². The van der Waals surface area contributed by atoms with Gasteiger partial charge in [-0.15, -0.1) is 0 Å². The Kier molecular flexibility index (Phi) is 12.4. The van der Waals surface area contributed by atoms with Crippen LogP contribution in [0.5, 0.6) is 0 Å². The Morgan fingerprint density at radius 1 is 1.14 bits per heavy atom. The van der Waals surface area contributed by atoms with Crippen LogP contribution in [0.25, 0.3) is 0 Å². The van der Waals surface area contributed by atoms with Crippen molar-refractivity contribution in [3.8, 4) is 0 Å². The monoisotopic (exact) mass is 352 g/mol. The summed E-state index contributed by atoms with van der Waals surface area (Å²) in [7, 11) is 2.84. The predicted octanol–water partition coefficient (Wildman–Crippen LogP) is 2.33. The highest BCUT2D eigenvalue weighted by molar-refractivity contribution is 8.23. The van der Waals surface area contributed by atoms with Crippen LogP contribution in [0.4, 0.5) is 0 Å². The number of hydrogen-bond acceptors (Lipinski definition) is 8. The molecule has 128 valence electrons. The number of methoxy groups -OCH3 is 2.